The maximum atomic E-state index is 12.1. The van der Waals surface area contributed by atoms with Crippen molar-refractivity contribution in [2.45, 2.75) is 18.4 Å². The molecule has 0 amide bonds. The molecule has 0 saturated carbocycles. The molecule has 100 valence electrons. The Labute approximate surface area is 111 Å². The summed E-state index contributed by atoms with van der Waals surface area (Å²) in [5.41, 5.74) is 1.14. The Hall–Kier alpha value is -1.75. The largest absolute Gasteiger partial charge is 0.454 e. The van der Waals surface area contributed by atoms with E-state index in [0.29, 0.717) is 11.3 Å². The van der Waals surface area contributed by atoms with Gasteiger partial charge in [-0.25, -0.2) is 4.79 Å². The number of carbonyl (C=O) groups is 1. The van der Waals surface area contributed by atoms with Crippen LogP contribution >= 0.6 is 0 Å². The number of ether oxygens (including phenoxy) is 3. The Morgan fingerprint density at radius 2 is 1.84 bits per heavy atom. The molecule has 0 unspecified atom stereocenters. The van der Waals surface area contributed by atoms with Gasteiger partial charge in [-0.05, 0) is 19.2 Å². The molecule has 1 aromatic carbocycles. The summed E-state index contributed by atoms with van der Waals surface area (Å²) < 4.78 is 16.5. The highest BCUT2D eigenvalue weighted by molar-refractivity contribution is 5.95. The molecule has 5 heteroatoms. The fraction of sp³-hybridized carbons (Fsp3) is 0.500. The van der Waals surface area contributed by atoms with Crippen molar-refractivity contribution < 1.29 is 19.0 Å². The van der Waals surface area contributed by atoms with Crippen molar-refractivity contribution in [1.82, 2.24) is 4.90 Å². The van der Waals surface area contributed by atoms with Gasteiger partial charge in [0.2, 0.25) is 6.79 Å². The first-order valence-corrected chi connectivity index (χ1v) is 6.54. The van der Waals surface area contributed by atoms with Crippen molar-refractivity contribution in [3.63, 3.8) is 0 Å². The van der Waals surface area contributed by atoms with Crippen molar-refractivity contribution in [3.05, 3.63) is 23.3 Å². The third-order valence-corrected chi connectivity index (χ3v) is 4.31. The number of benzene rings is 1. The number of carbonyl (C=O) groups excluding carboxylic acids is 1. The second-order valence-corrected chi connectivity index (χ2v) is 5.44. The summed E-state index contributed by atoms with van der Waals surface area (Å²) in [7, 11) is 2.09. The van der Waals surface area contributed by atoms with Crippen LogP contribution in [0.4, 0.5) is 0 Å². The van der Waals surface area contributed by atoms with E-state index in [1.165, 1.54) is 0 Å². The molecule has 3 aliphatic rings. The molecular weight excluding hydrogens is 246 g/mol. The smallest absolute Gasteiger partial charge is 0.339 e. The van der Waals surface area contributed by atoms with Crippen molar-refractivity contribution in [2.24, 2.45) is 0 Å². The molecule has 1 spiro atoms. The van der Waals surface area contributed by atoms with Crippen molar-refractivity contribution >= 4 is 5.97 Å². The fourth-order valence-electron chi connectivity index (χ4n) is 3.13. The molecule has 0 atom stereocenters. The summed E-state index contributed by atoms with van der Waals surface area (Å²) in [6.45, 7) is 2.09. The number of nitrogens with zero attached hydrogens (tertiary/aromatic N) is 1. The van der Waals surface area contributed by atoms with Crippen LogP contribution in [-0.4, -0.2) is 37.8 Å². The van der Waals surface area contributed by atoms with Gasteiger partial charge in [0.15, 0.2) is 11.5 Å². The second kappa shape index (κ2) is 3.63. The van der Waals surface area contributed by atoms with Gasteiger partial charge >= 0.3 is 5.97 Å². The van der Waals surface area contributed by atoms with Gasteiger partial charge in [0.25, 0.3) is 0 Å². The maximum Gasteiger partial charge on any atom is 0.339 e. The highest BCUT2D eigenvalue weighted by atomic mass is 16.7. The molecule has 5 nitrogen and oxygen atoms in total. The Morgan fingerprint density at radius 1 is 1.16 bits per heavy atom. The minimum absolute atomic E-state index is 0.225. The summed E-state index contributed by atoms with van der Waals surface area (Å²) in [5.74, 6) is 1.12. The Morgan fingerprint density at radius 3 is 2.58 bits per heavy atom. The van der Waals surface area contributed by atoms with Crippen molar-refractivity contribution in [3.8, 4) is 11.5 Å². The monoisotopic (exact) mass is 261 g/mol. The van der Waals surface area contributed by atoms with Gasteiger partial charge in [0.05, 0.1) is 5.56 Å². The topological polar surface area (TPSA) is 48.0 Å². The highest BCUT2D eigenvalue weighted by Crippen LogP contribution is 2.48. The molecule has 3 aliphatic heterocycles. The second-order valence-electron chi connectivity index (χ2n) is 5.44. The maximum absolute atomic E-state index is 12.1. The van der Waals surface area contributed by atoms with E-state index >= 15 is 0 Å². The van der Waals surface area contributed by atoms with E-state index in [-0.39, 0.29) is 12.8 Å². The number of rotatable bonds is 0. The van der Waals surface area contributed by atoms with E-state index in [0.717, 1.165) is 37.2 Å². The highest BCUT2D eigenvalue weighted by Gasteiger charge is 2.48. The SMILES string of the molecule is CN1CCC2(CC1)OC(=O)c1cc3c(cc12)OCO3. The van der Waals surface area contributed by atoms with Gasteiger partial charge in [-0.3, -0.25) is 0 Å². The summed E-state index contributed by atoms with van der Waals surface area (Å²) in [5, 5.41) is 0. The molecule has 0 aromatic heterocycles. The van der Waals surface area contributed by atoms with Gasteiger partial charge in [0, 0.05) is 31.5 Å². The first-order valence-electron chi connectivity index (χ1n) is 6.54. The lowest BCUT2D eigenvalue weighted by Gasteiger charge is -2.36. The van der Waals surface area contributed by atoms with Crippen molar-refractivity contribution in [2.75, 3.05) is 26.9 Å². The van der Waals surface area contributed by atoms with Crippen LogP contribution < -0.4 is 9.47 Å². The number of likely N-dealkylation sites (tertiary alicyclic amines) is 1. The molecule has 0 aliphatic carbocycles. The molecule has 1 saturated heterocycles. The average molecular weight is 261 g/mol. The molecule has 1 fully saturated rings. The van der Waals surface area contributed by atoms with Crippen LogP contribution in [0.1, 0.15) is 28.8 Å². The molecule has 19 heavy (non-hydrogen) atoms. The van der Waals surface area contributed by atoms with Gasteiger partial charge in [0.1, 0.15) is 5.60 Å². The number of hydrogen-bond acceptors (Lipinski definition) is 5. The van der Waals surface area contributed by atoms with Crippen LogP contribution in [0.2, 0.25) is 0 Å². The van der Waals surface area contributed by atoms with Crippen LogP contribution in [0.5, 0.6) is 11.5 Å². The first kappa shape index (κ1) is 11.1. The van der Waals surface area contributed by atoms with Crippen LogP contribution in [0.3, 0.4) is 0 Å². The van der Waals surface area contributed by atoms with E-state index in [2.05, 4.69) is 11.9 Å². The fourth-order valence-corrected chi connectivity index (χ4v) is 3.13. The number of hydrogen-bond donors (Lipinski definition) is 0. The van der Waals surface area contributed by atoms with Gasteiger partial charge < -0.3 is 19.1 Å². The van der Waals surface area contributed by atoms with Crippen LogP contribution in [-0.2, 0) is 10.3 Å². The summed E-state index contributed by atoms with van der Waals surface area (Å²) in [4.78, 5) is 14.3. The van der Waals surface area contributed by atoms with Gasteiger partial charge in [-0.2, -0.15) is 0 Å². The average Bonchev–Trinajstić information content (AvgIpc) is 2.96. The normalized spacial score (nSPS) is 23.5. The quantitative estimate of drug-likeness (QED) is 0.662. The molecule has 0 radical (unpaired) electrons. The third kappa shape index (κ3) is 1.48. The zero-order valence-corrected chi connectivity index (χ0v) is 10.8. The lowest BCUT2D eigenvalue weighted by molar-refractivity contribution is -0.0395. The Balaban J connectivity index is 1.81. The molecule has 0 N–H and O–H groups in total. The Kier molecular flexibility index (Phi) is 2.12. The van der Waals surface area contributed by atoms with Crippen LogP contribution in [0.15, 0.2) is 12.1 Å². The molecule has 3 heterocycles. The first-order chi connectivity index (χ1) is 9.18. The zero-order chi connectivity index (χ0) is 13.0. The van der Waals surface area contributed by atoms with E-state index in [9.17, 15) is 4.79 Å². The van der Waals surface area contributed by atoms with E-state index < -0.39 is 5.60 Å². The standard InChI is InChI=1S/C14H15NO4/c1-15-4-2-14(3-5-15)10-7-12-11(17-8-18-12)6-9(10)13(16)19-14/h6-7H,2-5,8H2,1H3. The van der Waals surface area contributed by atoms with E-state index in [1.807, 2.05) is 6.07 Å². The summed E-state index contributed by atoms with van der Waals surface area (Å²) in [6, 6.07) is 3.68. The predicted octanol–water partition coefficient (Wildman–Crippen LogP) is 1.51. The molecule has 1 aromatic rings. The number of piperidine rings is 1. The van der Waals surface area contributed by atoms with Crippen molar-refractivity contribution in [1.29, 1.82) is 0 Å². The zero-order valence-electron chi connectivity index (χ0n) is 10.8. The van der Waals surface area contributed by atoms with E-state index in [1.54, 1.807) is 6.07 Å². The predicted molar refractivity (Wildman–Crippen MR) is 66.4 cm³/mol. The van der Waals surface area contributed by atoms with E-state index in [4.69, 9.17) is 14.2 Å². The number of fused-ring (bicyclic) bond motifs is 3. The summed E-state index contributed by atoms with van der Waals surface area (Å²) >= 11 is 0. The third-order valence-electron chi connectivity index (χ3n) is 4.31. The Bertz CT molecular complexity index is 561. The van der Waals surface area contributed by atoms with Crippen LogP contribution in [0.25, 0.3) is 0 Å². The van der Waals surface area contributed by atoms with Gasteiger partial charge in [-0.15, -0.1) is 0 Å². The molecule has 4 rings (SSSR count). The lowest BCUT2D eigenvalue weighted by Crippen LogP contribution is -2.40. The number of esters is 1. The minimum Gasteiger partial charge on any atom is -0.454 e. The minimum atomic E-state index is -0.458. The summed E-state index contributed by atoms with van der Waals surface area (Å²) in [6.07, 6.45) is 1.67. The molecule has 0 bridgehead atoms. The lowest BCUT2D eigenvalue weighted by atomic mass is 9.83. The van der Waals surface area contributed by atoms with Gasteiger partial charge in [-0.1, -0.05) is 0 Å². The molecular formula is C14H15NO4. The van der Waals surface area contributed by atoms with Crippen LogP contribution in [0, 0.1) is 0 Å².